The van der Waals surface area contributed by atoms with Crippen LogP contribution in [0.3, 0.4) is 0 Å². The van der Waals surface area contributed by atoms with Gasteiger partial charge in [0.15, 0.2) is 0 Å². The first kappa shape index (κ1) is 29.3. The third-order valence-corrected chi connectivity index (χ3v) is 8.44. The van der Waals surface area contributed by atoms with Gasteiger partial charge in [-0.3, -0.25) is 9.78 Å². The van der Waals surface area contributed by atoms with Crippen molar-refractivity contribution in [2.24, 2.45) is 5.92 Å². The molecule has 1 aliphatic heterocycles. The highest BCUT2D eigenvalue weighted by atomic mass is 35.5. The zero-order valence-corrected chi connectivity index (χ0v) is 24.3. The zero-order valence-electron chi connectivity index (χ0n) is 22.7. The van der Waals surface area contributed by atoms with Crippen LogP contribution in [0.1, 0.15) is 59.3 Å². The summed E-state index contributed by atoms with van der Waals surface area (Å²) in [6.45, 7) is 5.00. The Hall–Kier alpha value is -2.68. The Morgan fingerprint density at radius 3 is 2.49 bits per heavy atom. The molecule has 1 amide bonds. The van der Waals surface area contributed by atoms with Crippen LogP contribution in [0, 0.1) is 12.8 Å². The maximum Gasteiger partial charge on any atom is 0.306 e. The molecule has 1 N–H and O–H groups in total. The average molecular weight is 572 g/mol. The van der Waals surface area contributed by atoms with Crippen LogP contribution in [0.25, 0.3) is 10.9 Å². The van der Waals surface area contributed by atoms with Gasteiger partial charge in [-0.1, -0.05) is 24.3 Å². The molecule has 0 unspecified atom stereocenters. The van der Waals surface area contributed by atoms with Gasteiger partial charge in [-0.2, -0.15) is 8.42 Å². The van der Waals surface area contributed by atoms with Gasteiger partial charge in [-0.05, 0) is 99.7 Å². The SMILES string of the molecule is Cc1cc(C(=O)NC2CCC(CCN3CCc4ccc(OS(C)(=O)=O)cc4CC3)CC2)c2ccccc2n1.Cl. The fourth-order valence-corrected chi connectivity index (χ4v) is 6.37. The van der Waals surface area contributed by atoms with Crippen molar-refractivity contribution < 1.29 is 17.4 Å². The summed E-state index contributed by atoms with van der Waals surface area (Å²) in [4.78, 5) is 20.2. The van der Waals surface area contributed by atoms with Gasteiger partial charge in [0.25, 0.3) is 5.91 Å². The highest BCUT2D eigenvalue weighted by molar-refractivity contribution is 7.86. The van der Waals surface area contributed by atoms with E-state index in [9.17, 15) is 13.2 Å². The lowest BCUT2D eigenvalue weighted by atomic mass is 9.84. The molecule has 7 nitrogen and oxygen atoms in total. The summed E-state index contributed by atoms with van der Waals surface area (Å²) in [7, 11) is -3.52. The number of para-hydroxylation sites is 1. The molecule has 0 saturated heterocycles. The average Bonchev–Trinajstić information content (AvgIpc) is 3.08. The lowest BCUT2D eigenvalue weighted by molar-refractivity contribution is 0.0921. The van der Waals surface area contributed by atoms with Crippen molar-refractivity contribution in [3.8, 4) is 5.75 Å². The Balaban J connectivity index is 0.00000353. The zero-order chi connectivity index (χ0) is 26.7. The Labute approximate surface area is 237 Å². The molecule has 1 saturated carbocycles. The lowest BCUT2D eigenvalue weighted by Gasteiger charge is -2.31. The molecule has 9 heteroatoms. The number of nitrogens with zero attached hydrogens (tertiary/aromatic N) is 2. The van der Waals surface area contributed by atoms with E-state index >= 15 is 0 Å². The molecular formula is C30H38ClN3O4S. The largest absolute Gasteiger partial charge is 0.383 e. The second kappa shape index (κ2) is 12.7. The summed E-state index contributed by atoms with van der Waals surface area (Å²) < 4.78 is 28.0. The number of amides is 1. The van der Waals surface area contributed by atoms with Crippen LogP contribution in [0.4, 0.5) is 0 Å². The Morgan fingerprint density at radius 1 is 1.03 bits per heavy atom. The van der Waals surface area contributed by atoms with Crippen molar-refractivity contribution in [2.45, 2.75) is 57.9 Å². The minimum atomic E-state index is -3.52. The first-order chi connectivity index (χ1) is 18.2. The van der Waals surface area contributed by atoms with Crippen LogP contribution in [0.15, 0.2) is 48.5 Å². The molecule has 0 bridgehead atoms. The number of benzene rings is 2. The van der Waals surface area contributed by atoms with Gasteiger partial charge >= 0.3 is 10.1 Å². The molecule has 3 aromatic rings. The van der Waals surface area contributed by atoms with Crippen LogP contribution in [0.2, 0.25) is 0 Å². The molecule has 39 heavy (non-hydrogen) atoms. The van der Waals surface area contributed by atoms with E-state index in [1.54, 1.807) is 6.07 Å². The second-order valence-corrected chi connectivity index (χ2v) is 12.4. The van der Waals surface area contributed by atoms with E-state index in [2.05, 4.69) is 15.2 Å². The van der Waals surface area contributed by atoms with Crippen molar-refractivity contribution >= 4 is 39.3 Å². The van der Waals surface area contributed by atoms with Crippen molar-refractivity contribution in [2.75, 3.05) is 25.9 Å². The Bertz CT molecular complexity index is 1420. The van der Waals surface area contributed by atoms with Gasteiger partial charge in [-0.15, -0.1) is 12.4 Å². The molecule has 1 aliphatic carbocycles. The molecule has 2 aromatic carbocycles. The van der Waals surface area contributed by atoms with Crippen LogP contribution in [-0.2, 0) is 23.0 Å². The topological polar surface area (TPSA) is 88.6 Å². The number of hydrogen-bond donors (Lipinski definition) is 1. The molecule has 210 valence electrons. The first-order valence-corrected chi connectivity index (χ1v) is 15.5. The maximum atomic E-state index is 13.1. The number of carbonyl (C=O) groups is 1. The van der Waals surface area contributed by atoms with Gasteiger partial charge in [-0.25, -0.2) is 0 Å². The van der Waals surface area contributed by atoms with Crippen molar-refractivity contribution in [1.29, 1.82) is 0 Å². The Kier molecular flexibility index (Phi) is 9.51. The molecular weight excluding hydrogens is 534 g/mol. The van der Waals surface area contributed by atoms with Gasteiger partial charge in [0, 0.05) is 30.2 Å². The van der Waals surface area contributed by atoms with Crippen molar-refractivity contribution in [1.82, 2.24) is 15.2 Å². The summed E-state index contributed by atoms with van der Waals surface area (Å²) >= 11 is 0. The predicted molar refractivity (Wildman–Crippen MR) is 157 cm³/mol. The summed E-state index contributed by atoms with van der Waals surface area (Å²) in [5.74, 6) is 1.09. The van der Waals surface area contributed by atoms with E-state index < -0.39 is 10.1 Å². The third-order valence-electron chi connectivity index (χ3n) is 7.94. The molecule has 0 atom stereocenters. The molecule has 5 rings (SSSR count). The molecule has 0 radical (unpaired) electrons. The molecule has 1 aromatic heterocycles. The number of nitrogens with one attached hydrogen (secondary N) is 1. The molecule has 1 fully saturated rings. The summed E-state index contributed by atoms with van der Waals surface area (Å²) in [5, 5.41) is 4.20. The number of halogens is 1. The standard InChI is InChI=1S/C30H37N3O4S.ClH/c1-21-19-28(27-5-3-4-6-29(27)31-21)30(34)32-25-10-7-22(8-11-25)13-16-33-17-14-23-9-12-26(37-38(2,35)36)20-24(23)15-18-33;/h3-6,9,12,19-20,22,25H,7-8,10-11,13-18H2,1-2H3,(H,32,34);1H. The number of aromatic nitrogens is 1. The van der Waals surface area contributed by atoms with E-state index in [-0.39, 0.29) is 24.4 Å². The normalized spacial score (nSPS) is 19.9. The quantitative estimate of drug-likeness (QED) is 0.398. The molecule has 2 heterocycles. The van der Waals surface area contributed by atoms with Gasteiger partial charge in [0.05, 0.1) is 17.3 Å². The number of pyridine rings is 1. The number of rotatable bonds is 7. The van der Waals surface area contributed by atoms with E-state index in [0.29, 0.717) is 17.2 Å². The van der Waals surface area contributed by atoms with Gasteiger partial charge in [0.2, 0.25) is 0 Å². The minimum Gasteiger partial charge on any atom is -0.383 e. The van der Waals surface area contributed by atoms with Crippen LogP contribution in [-0.4, -0.2) is 56.1 Å². The monoisotopic (exact) mass is 571 g/mol. The van der Waals surface area contributed by atoms with Crippen LogP contribution >= 0.6 is 12.4 Å². The van der Waals surface area contributed by atoms with E-state index in [4.69, 9.17) is 4.18 Å². The molecule has 2 aliphatic rings. The van der Waals surface area contributed by atoms with Crippen molar-refractivity contribution in [3.05, 3.63) is 70.9 Å². The Morgan fingerprint density at radius 2 is 1.74 bits per heavy atom. The maximum absolute atomic E-state index is 13.1. The van der Waals surface area contributed by atoms with Crippen LogP contribution in [0.5, 0.6) is 5.75 Å². The number of fused-ring (bicyclic) bond motifs is 2. The minimum absolute atomic E-state index is 0. The number of hydrogen-bond acceptors (Lipinski definition) is 6. The second-order valence-electron chi connectivity index (χ2n) is 10.9. The van der Waals surface area contributed by atoms with Gasteiger partial charge in [0.1, 0.15) is 5.75 Å². The highest BCUT2D eigenvalue weighted by Gasteiger charge is 2.24. The van der Waals surface area contributed by atoms with Crippen LogP contribution < -0.4 is 9.50 Å². The molecule has 0 spiro atoms. The summed E-state index contributed by atoms with van der Waals surface area (Å²) in [6, 6.07) is 15.6. The smallest absolute Gasteiger partial charge is 0.306 e. The lowest BCUT2D eigenvalue weighted by Crippen LogP contribution is -2.38. The summed E-state index contributed by atoms with van der Waals surface area (Å²) in [6.07, 6.45) is 8.44. The van der Waals surface area contributed by atoms with Gasteiger partial charge < -0.3 is 14.4 Å². The fraction of sp³-hybridized carbons (Fsp3) is 0.467. The highest BCUT2D eigenvalue weighted by Crippen LogP contribution is 2.29. The van der Waals surface area contributed by atoms with Crippen molar-refractivity contribution in [3.63, 3.8) is 0 Å². The van der Waals surface area contributed by atoms with E-state index in [1.807, 2.05) is 49.4 Å². The van der Waals surface area contributed by atoms with E-state index in [1.165, 1.54) is 17.5 Å². The number of aryl methyl sites for hydroxylation is 1. The summed E-state index contributed by atoms with van der Waals surface area (Å²) in [5.41, 5.74) is 4.90. The first-order valence-electron chi connectivity index (χ1n) is 13.6. The third kappa shape index (κ3) is 7.71. The predicted octanol–water partition coefficient (Wildman–Crippen LogP) is 5.08. The van der Waals surface area contributed by atoms with E-state index in [0.717, 1.165) is 81.0 Å². The number of carbonyl (C=O) groups excluding carboxylic acids is 1. The fourth-order valence-electron chi connectivity index (χ4n) is 5.92.